The van der Waals surface area contributed by atoms with Crippen molar-refractivity contribution in [3.8, 4) is 0 Å². The third kappa shape index (κ3) is 6.15. The average molecular weight is 161 g/mol. The van der Waals surface area contributed by atoms with Crippen LogP contribution in [0.4, 0.5) is 0 Å². The molecule has 1 unspecified atom stereocenters. The molecule has 0 aromatic rings. The predicted molar refractivity (Wildman–Crippen MR) is 48.5 cm³/mol. The van der Waals surface area contributed by atoms with Crippen LogP contribution in [-0.4, -0.2) is 5.88 Å². The zero-order valence-electron chi connectivity index (χ0n) is 6.99. The second-order valence-corrected chi connectivity index (χ2v) is 3.42. The zero-order valence-corrected chi connectivity index (χ0v) is 7.75. The molecule has 0 rings (SSSR count). The highest BCUT2D eigenvalue weighted by Crippen LogP contribution is 2.11. The molecule has 0 aromatic carbocycles. The Morgan fingerprint density at radius 1 is 1.60 bits per heavy atom. The summed E-state index contributed by atoms with van der Waals surface area (Å²) in [6.45, 7) is 8.11. The Morgan fingerprint density at radius 3 is 2.60 bits per heavy atom. The summed E-state index contributed by atoms with van der Waals surface area (Å²) in [5.41, 5.74) is 1.28. The lowest BCUT2D eigenvalue weighted by Crippen LogP contribution is -1.95. The Morgan fingerprint density at radius 2 is 2.20 bits per heavy atom. The molecule has 10 heavy (non-hydrogen) atoms. The Kier molecular flexibility index (Phi) is 5.81. The van der Waals surface area contributed by atoms with Crippen LogP contribution in [0.5, 0.6) is 0 Å². The number of alkyl halides is 1. The maximum Gasteiger partial charge on any atom is 0.0249 e. The Balaban J connectivity index is 3.11. The lowest BCUT2D eigenvalue weighted by Gasteiger charge is -2.05. The topological polar surface area (TPSA) is 0 Å². The van der Waals surface area contributed by atoms with Crippen molar-refractivity contribution in [3.63, 3.8) is 0 Å². The smallest absolute Gasteiger partial charge is 0.0249 e. The quantitative estimate of drug-likeness (QED) is 0.426. The van der Waals surface area contributed by atoms with Crippen molar-refractivity contribution in [3.05, 3.63) is 12.2 Å². The fraction of sp³-hybridized carbons (Fsp3) is 0.778. The Hall–Kier alpha value is 0.0300. The van der Waals surface area contributed by atoms with Crippen molar-refractivity contribution in [1.82, 2.24) is 0 Å². The van der Waals surface area contributed by atoms with Crippen LogP contribution in [0.25, 0.3) is 0 Å². The van der Waals surface area contributed by atoms with Crippen molar-refractivity contribution in [2.45, 2.75) is 33.1 Å². The molecule has 1 atom stereocenters. The minimum Gasteiger partial charge on any atom is -0.126 e. The molecular weight excluding hydrogens is 144 g/mol. The summed E-state index contributed by atoms with van der Waals surface area (Å²) in [7, 11) is 0. The van der Waals surface area contributed by atoms with Crippen molar-refractivity contribution in [2.24, 2.45) is 5.92 Å². The first-order valence-corrected chi connectivity index (χ1v) is 4.40. The first-order chi connectivity index (χ1) is 4.66. The van der Waals surface area contributed by atoms with E-state index in [0.717, 1.165) is 12.3 Å². The SMILES string of the molecule is C=C(C)CCCC(C)CCl. The molecule has 0 heterocycles. The van der Waals surface area contributed by atoms with E-state index >= 15 is 0 Å². The fourth-order valence-corrected chi connectivity index (χ4v) is 0.984. The maximum atomic E-state index is 5.64. The third-order valence-corrected chi connectivity index (χ3v) is 2.09. The third-order valence-electron chi connectivity index (χ3n) is 1.56. The number of hydrogen-bond donors (Lipinski definition) is 0. The van der Waals surface area contributed by atoms with Crippen LogP contribution in [0.1, 0.15) is 33.1 Å². The van der Waals surface area contributed by atoms with E-state index in [1.807, 2.05) is 0 Å². The minimum absolute atomic E-state index is 0.668. The van der Waals surface area contributed by atoms with Crippen molar-refractivity contribution >= 4 is 11.6 Å². The molecule has 60 valence electrons. The molecule has 0 amide bonds. The highest BCUT2D eigenvalue weighted by Gasteiger charge is 1.98. The van der Waals surface area contributed by atoms with E-state index in [-0.39, 0.29) is 0 Å². The molecule has 0 bridgehead atoms. The molecule has 0 aromatic heterocycles. The minimum atomic E-state index is 0.668. The summed E-state index contributed by atoms with van der Waals surface area (Å²) in [4.78, 5) is 0. The van der Waals surface area contributed by atoms with Crippen molar-refractivity contribution in [1.29, 1.82) is 0 Å². The first-order valence-electron chi connectivity index (χ1n) is 3.87. The molecule has 0 nitrogen and oxygen atoms in total. The van der Waals surface area contributed by atoms with Crippen molar-refractivity contribution in [2.75, 3.05) is 5.88 Å². The van der Waals surface area contributed by atoms with Crippen LogP contribution in [0.3, 0.4) is 0 Å². The summed E-state index contributed by atoms with van der Waals surface area (Å²) >= 11 is 5.64. The molecule has 0 N–H and O–H groups in total. The fourth-order valence-electron chi connectivity index (χ4n) is 0.829. The van der Waals surface area contributed by atoms with Gasteiger partial charge in [-0.2, -0.15) is 0 Å². The van der Waals surface area contributed by atoms with E-state index in [9.17, 15) is 0 Å². The van der Waals surface area contributed by atoms with E-state index in [1.54, 1.807) is 0 Å². The van der Waals surface area contributed by atoms with Gasteiger partial charge in [0, 0.05) is 5.88 Å². The van der Waals surface area contributed by atoms with Gasteiger partial charge < -0.3 is 0 Å². The van der Waals surface area contributed by atoms with Gasteiger partial charge >= 0.3 is 0 Å². The second-order valence-electron chi connectivity index (χ2n) is 3.11. The van der Waals surface area contributed by atoms with E-state index in [1.165, 1.54) is 18.4 Å². The number of rotatable bonds is 5. The number of allylic oxidation sites excluding steroid dienone is 1. The summed E-state index contributed by atoms with van der Waals surface area (Å²) in [5.74, 6) is 1.46. The monoisotopic (exact) mass is 160 g/mol. The van der Waals surface area contributed by atoms with E-state index in [4.69, 9.17) is 11.6 Å². The van der Waals surface area contributed by atoms with Gasteiger partial charge in [-0.05, 0) is 32.1 Å². The molecule has 0 saturated carbocycles. The number of halogens is 1. The van der Waals surface area contributed by atoms with Crippen LogP contribution >= 0.6 is 11.6 Å². The first kappa shape index (κ1) is 10.0. The summed E-state index contributed by atoms with van der Waals surface area (Å²) in [6.07, 6.45) is 3.63. The second kappa shape index (κ2) is 5.79. The summed E-state index contributed by atoms with van der Waals surface area (Å²) in [6, 6.07) is 0. The highest BCUT2D eigenvalue weighted by atomic mass is 35.5. The van der Waals surface area contributed by atoms with Crippen LogP contribution in [0.2, 0.25) is 0 Å². The van der Waals surface area contributed by atoms with Crippen LogP contribution in [0.15, 0.2) is 12.2 Å². The maximum absolute atomic E-state index is 5.64. The van der Waals surface area contributed by atoms with E-state index in [0.29, 0.717) is 5.92 Å². The van der Waals surface area contributed by atoms with Gasteiger partial charge in [0.25, 0.3) is 0 Å². The highest BCUT2D eigenvalue weighted by molar-refractivity contribution is 6.18. The Labute approximate surface area is 69.3 Å². The average Bonchev–Trinajstić information content (AvgIpc) is 1.87. The molecule has 0 aliphatic heterocycles. The molecule has 0 aliphatic carbocycles. The molecule has 0 radical (unpaired) electrons. The van der Waals surface area contributed by atoms with Gasteiger partial charge in [-0.3, -0.25) is 0 Å². The molecule has 0 saturated heterocycles. The molecule has 0 aliphatic rings. The number of hydrogen-bond acceptors (Lipinski definition) is 0. The van der Waals surface area contributed by atoms with Gasteiger partial charge in [0.15, 0.2) is 0 Å². The van der Waals surface area contributed by atoms with Gasteiger partial charge in [0.1, 0.15) is 0 Å². The molecular formula is C9H17Cl. The lowest BCUT2D eigenvalue weighted by molar-refractivity contribution is 0.560. The summed E-state index contributed by atoms with van der Waals surface area (Å²) < 4.78 is 0. The normalized spacial score (nSPS) is 13.1. The molecule has 0 spiro atoms. The standard InChI is InChI=1S/C9H17Cl/c1-8(2)5-4-6-9(3)7-10/h9H,1,4-7H2,2-3H3. The van der Waals surface area contributed by atoms with Gasteiger partial charge in [0.2, 0.25) is 0 Å². The van der Waals surface area contributed by atoms with Crippen LogP contribution < -0.4 is 0 Å². The van der Waals surface area contributed by atoms with E-state index in [2.05, 4.69) is 20.4 Å². The largest absolute Gasteiger partial charge is 0.126 e. The molecule has 0 fully saturated rings. The van der Waals surface area contributed by atoms with Crippen molar-refractivity contribution < 1.29 is 0 Å². The van der Waals surface area contributed by atoms with E-state index < -0.39 is 0 Å². The van der Waals surface area contributed by atoms with Crippen LogP contribution in [0, 0.1) is 5.92 Å². The van der Waals surface area contributed by atoms with Gasteiger partial charge in [-0.15, -0.1) is 18.2 Å². The summed E-state index contributed by atoms with van der Waals surface area (Å²) in [5, 5.41) is 0. The lowest BCUT2D eigenvalue weighted by atomic mass is 10.0. The predicted octanol–water partition coefficient (Wildman–Crippen LogP) is 3.61. The molecule has 1 heteroatoms. The van der Waals surface area contributed by atoms with Crippen LogP contribution in [-0.2, 0) is 0 Å². The van der Waals surface area contributed by atoms with Gasteiger partial charge in [-0.25, -0.2) is 0 Å². The van der Waals surface area contributed by atoms with Gasteiger partial charge in [0.05, 0.1) is 0 Å². The van der Waals surface area contributed by atoms with Gasteiger partial charge in [-0.1, -0.05) is 12.5 Å². The zero-order chi connectivity index (χ0) is 7.98. The Bertz CT molecular complexity index is 96.9.